The fraction of sp³-hybridized carbons (Fsp3) is 0.250. The van der Waals surface area contributed by atoms with E-state index < -0.39 is 6.10 Å². The van der Waals surface area contributed by atoms with Gasteiger partial charge in [0.25, 0.3) is 0 Å². The molecule has 5 heteroatoms. The topological polar surface area (TPSA) is 38.0 Å². The Kier molecular flexibility index (Phi) is 3.86. The smallest absolute Gasteiger partial charge is 0.122 e. The molecule has 0 radical (unpaired) electrons. The highest BCUT2D eigenvalue weighted by Gasteiger charge is 2.17. The number of benzene rings is 1. The van der Waals surface area contributed by atoms with Crippen molar-refractivity contribution >= 4 is 27.5 Å². The molecule has 1 aromatic heterocycles. The van der Waals surface area contributed by atoms with Crippen molar-refractivity contribution in [3.05, 3.63) is 51.2 Å². The highest BCUT2D eigenvalue weighted by atomic mass is 79.9. The minimum Gasteiger partial charge on any atom is -0.382 e. The van der Waals surface area contributed by atoms with E-state index in [1.54, 1.807) is 23.0 Å². The van der Waals surface area contributed by atoms with Gasteiger partial charge in [0.1, 0.15) is 6.10 Å². The summed E-state index contributed by atoms with van der Waals surface area (Å²) in [6.07, 6.45) is 0.982. The number of halogens is 2. The SMILES string of the molecule is CCn1nccc1C(O)c1ccc(Cl)cc1Br. The fourth-order valence-corrected chi connectivity index (χ4v) is 2.62. The second kappa shape index (κ2) is 5.21. The van der Waals surface area contributed by atoms with E-state index >= 15 is 0 Å². The molecule has 3 nitrogen and oxygen atoms in total. The third kappa shape index (κ3) is 2.54. The second-order valence-electron chi connectivity index (χ2n) is 3.64. The highest BCUT2D eigenvalue weighted by Crippen LogP contribution is 2.30. The lowest BCUT2D eigenvalue weighted by Gasteiger charge is -2.14. The summed E-state index contributed by atoms with van der Waals surface area (Å²) in [6, 6.07) is 7.16. The average molecular weight is 316 g/mol. The third-order valence-electron chi connectivity index (χ3n) is 2.59. The Bertz CT molecular complexity index is 527. The van der Waals surface area contributed by atoms with Crippen molar-refractivity contribution in [3.8, 4) is 0 Å². The number of aromatic nitrogens is 2. The van der Waals surface area contributed by atoms with Crippen LogP contribution in [0.2, 0.25) is 5.02 Å². The number of aliphatic hydroxyl groups is 1. The number of hydrogen-bond donors (Lipinski definition) is 1. The Morgan fingerprint density at radius 1 is 1.47 bits per heavy atom. The number of aliphatic hydroxyl groups excluding tert-OH is 1. The van der Waals surface area contributed by atoms with Gasteiger partial charge in [-0.05, 0) is 25.1 Å². The molecule has 2 rings (SSSR count). The Labute approximate surface area is 113 Å². The molecule has 1 N–H and O–H groups in total. The predicted octanol–water partition coefficient (Wildman–Crippen LogP) is 3.40. The number of hydrogen-bond acceptors (Lipinski definition) is 2. The first-order valence-electron chi connectivity index (χ1n) is 5.28. The normalized spacial score (nSPS) is 12.7. The molecular formula is C12H12BrClN2O. The van der Waals surface area contributed by atoms with Gasteiger partial charge in [0.15, 0.2) is 0 Å². The lowest BCUT2D eigenvalue weighted by atomic mass is 10.1. The summed E-state index contributed by atoms with van der Waals surface area (Å²) in [5.41, 5.74) is 1.56. The molecule has 2 aromatic rings. The van der Waals surface area contributed by atoms with Gasteiger partial charge in [0, 0.05) is 27.8 Å². The lowest BCUT2D eigenvalue weighted by Crippen LogP contribution is -2.09. The van der Waals surface area contributed by atoms with E-state index in [0.717, 1.165) is 22.3 Å². The lowest BCUT2D eigenvalue weighted by molar-refractivity contribution is 0.207. The maximum absolute atomic E-state index is 10.3. The van der Waals surface area contributed by atoms with Gasteiger partial charge in [-0.15, -0.1) is 0 Å². The van der Waals surface area contributed by atoms with Crippen molar-refractivity contribution in [2.45, 2.75) is 19.6 Å². The fourth-order valence-electron chi connectivity index (χ4n) is 1.72. The molecular weight excluding hydrogens is 304 g/mol. The molecule has 90 valence electrons. The van der Waals surface area contributed by atoms with Gasteiger partial charge in [0.2, 0.25) is 0 Å². The molecule has 0 amide bonds. The maximum atomic E-state index is 10.3. The van der Waals surface area contributed by atoms with E-state index in [9.17, 15) is 5.11 Å². The predicted molar refractivity (Wildman–Crippen MR) is 71.1 cm³/mol. The van der Waals surface area contributed by atoms with E-state index in [1.807, 2.05) is 19.1 Å². The summed E-state index contributed by atoms with van der Waals surface area (Å²) < 4.78 is 2.56. The molecule has 0 aliphatic rings. The largest absolute Gasteiger partial charge is 0.382 e. The molecule has 0 aliphatic carbocycles. The molecule has 0 saturated heterocycles. The summed E-state index contributed by atoms with van der Waals surface area (Å²) in [6.45, 7) is 2.71. The van der Waals surface area contributed by atoms with Crippen molar-refractivity contribution in [2.75, 3.05) is 0 Å². The van der Waals surface area contributed by atoms with Crippen LogP contribution in [0.1, 0.15) is 24.3 Å². The Morgan fingerprint density at radius 3 is 2.88 bits per heavy atom. The summed E-state index contributed by atoms with van der Waals surface area (Å²) in [5, 5.41) is 15.1. The van der Waals surface area contributed by atoms with Crippen LogP contribution in [0.3, 0.4) is 0 Å². The van der Waals surface area contributed by atoms with Gasteiger partial charge in [-0.2, -0.15) is 5.10 Å². The first kappa shape index (κ1) is 12.6. The third-order valence-corrected chi connectivity index (χ3v) is 3.51. The van der Waals surface area contributed by atoms with Crippen LogP contribution in [0.5, 0.6) is 0 Å². The zero-order valence-corrected chi connectivity index (χ0v) is 11.6. The van der Waals surface area contributed by atoms with E-state index in [0.29, 0.717) is 5.02 Å². The van der Waals surface area contributed by atoms with Crippen molar-refractivity contribution < 1.29 is 5.11 Å². The summed E-state index contributed by atoms with van der Waals surface area (Å²) in [7, 11) is 0. The Balaban J connectivity index is 2.40. The minimum atomic E-state index is -0.705. The first-order chi connectivity index (χ1) is 8.13. The van der Waals surface area contributed by atoms with Crippen LogP contribution in [0, 0.1) is 0 Å². The highest BCUT2D eigenvalue weighted by molar-refractivity contribution is 9.10. The molecule has 17 heavy (non-hydrogen) atoms. The van der Waals surface area contributed by atoms with Crippen LogP contribution in [0.4, 0.5) is 0 Å². The van der Waals surface area contributed by atoms with Crippen LogP contribution in [-0.2, 0) is 6.54 Å². The first-order valence-corrected chi connectivity index (χ1v) is 6.45. The minimum absolute atomic E-state index is 0.636. The molecule has 0 saturated carbocycles. The van der Waals surface area contributed by atoms with Gasteiger partial charge < -0.3 is 5.11 Å². The van der Waals surface area contributed by atoms with E-state index in [1.165, 1.54) is 0 Å². The number of aryl methyl sites for hydroxylation is 1. The van der Waals surface area contributed by atoms with Crippen molar-refractivity contribution in [1.29, 1.82) is 0 Å². The summed E-state index contributed by atoms with van der Waals surface area (Å²) in [5.74, 6) is 0. The Morgan fingerprint density at radius 2 is 2.24 bits per heavy atom. The van der Waals surface area contributed by atoms with Crippen molar-refractivity contribution in [2.24, 2.45) is 0 Å². The van der Waals surface area contributed by atoms with Gasteiger partial charge in [-0.3, -0.25) is 4.68 Å². The summed E-state index contributed by atoms with van der Waals surface area (Å²) >= 11 is 9.28. The summed E-state index contributed by atoms with van der Waals surface area (Å²) in [4.78, 5) is 0. The van der Waals surface area contributed by atoms with Gasteiger partial charge in [0.05, 0.1) is 5.69 Å². The molecule has 0 fully saturated rings. The maximum Gasteiger partial charge on any atom is 0.122 e. The van der Waals surface area contributed by atoms with E-state index in [4.69, 9.17) is 11.6 Å². The van der Waals surface area contributed by atoms with Crippen molar-refractivity contribution in [1.82, 2.24) is 9.78 Å². The van der Waals surface area contributed by atoms with Crippen LogP contribution < -0.4 is 0 Å². The monoisotopic (exact) mass is 314 g/mol. The number of nitrogens with zero attached hydrogens (tertiary/aromatic N) is 2. The van der Waals surface area contributed by atoms with Crippen LogP contribution >= 0.6 is 27.5 Å². The average Bonchev–Trinajstić information content (AvgIpc) is 2.76. The zero-order chi connectivity index (χ0) is 12.4. The molecule has 1 unspecified atom stereocenters. The second-order valence-corrected chi connectivity index (χ2v) is 4.93. The van der Waals surface area contributed by atoms with Crippen LogP contribution in [0.25, 0.3) is 0 Å². The van der Waals surface area contributed by atoms with Crippen LogP contribution in [-0.4, -0.2) is 14.9 Å². The quantitative estimate of drug-likeness (QED) is 0.942. The van der Waals surface area contributed by atoms with E-state index in [2.05, 4.69) is 21.0 Å². The molecule has 1 heterocycles. The van der Waals surface area contributed by atoms with E-state index in [-0.39, 0.29) is 0 Å². The zero-order valence-electron chi connectivity index (χ0n) is 9.27. The molecule has 1 atom stereocenters. The van der Waals surface area contributed by atoms with Gasteiger partial charge in [-0.25, -0.2) is 0 Å². The molecule has 0 aliphatic heterocycles. The van der Waals surface area contributed by atoms with Crippen LogP contribution in [0.15, 0.2) is 34.9 Å². The molecule has 0 spiro atoms. The standard InChI is InChI=1S/C12H12BrClN2O/c1-2-16-11(5-6-15-16)12(17)9-4-3-8(14)7-10(9)13/h3-7,12,17H,2H2,1H3. The molecule has 1 aromatic carbocycles. The van der Waals surface area contributed by atoms with Crippen molar-refractivity contribution in [3.63, 3.8) is 0 Å². The molecule has 0 bridgehead atoms. The van der Waals surface area contributed by atoms with Gasteiger partial charge in [-0.1, -0.05) is 33.6 Å². The number of rotatable bonds is 3. The van der Waals surface area contributed by atoms with Gasteiger partial charge >= 0.3 is 0 Å². The Hall–Kier alpha value is -0.840.